The van der Waals surface area contributed by atoms with Gasteiger partial charge in [-0.2, -0.15) is 0 Å². The molecule has 1 unspecified atom stereocenters. The van der Waals surface area contributed by atoms with Crippen molar-refractivity contribution in [3.05, 3.63) is 34.6 Å². The lowest BCUT2D eigenvalue weighted by Crippen LogP contribution is -2.09. The molecule has 3 heteroatoms. The number of halogens is 3. The maximum Gasteiger partial charge on any atom is 0.127 e. The lowest BCUT2D eigenvalue weighted by molar-refractivity contribution is 0.550. The minimum atomic E-state index is -0.241. The number of benzene rings is 1. The van der Waals surface area contributed by atoms with E-state index in [0.29, 0.717) is 22.9 Å². The second-order valence-corrected chi connectivity index (χ2v) is 5.03. The van der Waals surface area contributed by atoms with Gasteiger partial charge in [-0.3, -0.25) is 0 Å². The zero-order chi connectivity index (χ0) is 11.4. The van der Waals surface area contributed by atoms with E-state index in [0.717, 1.165) is 6.42 Å². The summed E-state index contributed by atoms with van der Waals surface area (Å²) in [7, 11) is 0. The molecule has 0 radical (unpaired) electrons. The summed E-state index contributed by atoms with van der Waals surface area (Å²) in [6.07, 6.45) is 1.45. The first-order valence-electron chi connectivity index (χ1n) is 5.08. The number of hydrogen-bond acceptors (Lipinski definition) is 0. The van der Waals surface area contributed by atoms with Crippen LogP contribution >= 0.6 is 23.2 Å². The zero-order valence-corrected chi connectivity index (χ0v) is 10.4. The van der Waals surface area contributed by atoms with Crippen molar-refractivity contribution >= 4 is 23.2 Å². The standard InChI is InChI=1S/C12H15Cl2F/c1-8(2)11(14)6-4-9-3-5-10(13)7-12(9)15/h3,5,7-8,11H,4,6H2,1-2H3. The fourth-order valence-electron chi connectivity index (χ4n) is 1.35. The molecule has 0 fully saturated rings. The maximum atomic E-state index is 13.4. The van der Waals surface area contributed by atoms with E-state index in [1.54, 1.807) is 12.1 Å². The summed E-state index contributed by atoms with van der Waals surface area (Å²) in [6.45, 7) is 4.13. The number of alkyl halides is 1. The van der Waals surface area contributed by atoms with E-state index < -0.39 is 0 Å². The molecule has 1 rings (SSSR count). The Hall–Kier alpha value is -0.270. The molecule has 0 aliphatic rings. The summed E-state index contributed by atoms with van der Waals surface area (Å²) in [5, 5.41) is 0.530. The summed E-state index contributed by atoms with van der Waals surface area (Å²) >= 11 is 11.8. The Balaban J connectivity index is 2.58. The third-order valence-corrected chi connectivity index (χ3v) is 3.39. The van der Waals surface area contributed by atoms with Crippen LogP contribution in [0.4, 0.5) is 4.39 Å². The van der Waals surface area contributed by atoms with E-state index in [2.05, 4.69) is 13.8 Å². The van der Waals surface area contributed by atoms with Gasteiger partial charge in [-0.05, 0) is 36.5 Å². The van der Waals surface area contributed by atoms with E-state index in [1.807, 2.05) is 0 Å². The summed E-state index contributed by atoms with van der Waals surface area (Å²) in [4.78, 5) is 0. The van der Waals surface area contributed by atoms with Crippen molar-refractivity contribution in [2.45, 2.75) is 32.1 Å². The van der Waals surface area contributed by atoms with E-state index in [-0.39, 0.29) is 11.2 Å². The molecular formula is C12H15Cl2F. The highest BCUT2D eigenvalue weighted by Crippen LogP contribution is 2.20. The Morgan fingerprint density at radius 2 is 2.00 bits per heavy atom. The van der Waals surface area contributed by atoms with Gasteiger partial charge in [-0.1, -0.05) is 31.5 Å². The van der Waals surface area contributed by atoms with Gasteiger partial charge >= 0.3 is 0 Å². The predicted molar refractivity (Wildman–Crippen MR) is 64.2 cm³/mol. The highest BCUT2D eigenvalue weighted by molar-refractivity contribution is 6.30. The predicted octanol–water partition coefficient (Wildman–Crippen LogP) is 4.68. The molecule has 0 aliphatic heterocycles. The molecule has 0 spiro atoms. The van der Waals surface area contributed by atoms with Crippen molar-refractivity contribution in [1.82, 2.24) is 0 Å². The molecule has 15 heavy (non-hydrogen) atoms. The van der Waals surface area contributed by atoms with Crippen molar-refractivity contribution in [3.8, 4) is 0 Å². The third kappa shape index (κ3) is 4.00. The van der Waals surface area contributed by atoms with Gasteiger partial charge in [-0.25, -0.2) is 4.39 Å². The first-order valence-corrected chi connectivity index (χ1v) is 5.90. The van der Waals surface area contributed by atoms with Crippen LogP contribution in [0, 0.1) is 11.7 Å². The second-order valence-electron chi connectivity index (χ2n) is 4.03. The summed E-state index contributed by atoms with van der Waals surface area (Å²) in [6, 6.07) is 4.77. The van der Waals surface area contributed by atoms with Crippen LogP contribution in [0.2, 0.25) is 5.02 Å². The second kappa shape index (κ2) is 5.72. The normalized spacial score (nSPS) is 13.2. The lowest BCUT2D eigenvalue weighted by atomic mass is 10.0. The molecule has 0 N–H and O–H groups in total. The van der Waals surface area contributed by atoms with Gasteiger partial charge in [0.1, 0.15) is 5.82 Å². The first-order chi connectivity index (χ1) is 7.00. The van der Waals surface area contributed by atoms with E-state index in [4.69, 9.17) is 23.2 Å². The molecule has 1 atom stereocenters. The van der Waals surface area contributed by atoms with Crippen molar-refractivity contribution in [2.75, 3.05) is 0 Å². The molecule has 0 amide bonds. The Morgan fingerprint density at radius 3 is 2.53 bits per heavy atom. The molecule has 0 nitrogen and oxygen atoms in total. The molecule has 0 aromatic heterocycles. The fourth-order valence-corrected chi connectivity index (χ4v) is 1.62. The highest BCUT2D eigenvalue weighted by Gasteiger charge is 2.11. The van der Waals surface area contributed by atoms with Gasteiger partial charge in [-0.15, -0.1) is 11.6 Å². The summed E-state index contributed by atoms with van der Waals surface area (Å²) in [5.41, 5.74) is 0.686. The minimum absolute atomic E-state index is 0.0973. The maximum absolute atomic E-state index is 13.4. The molecule has 0 aliphatic carbocycles. The van der Waals surface area contributed by atoms with Gasteiger partial charge in [0.25, 0.3) is 0 Å². The molecule has 84 valence electrons. The number of rotatable bonds is 4. The average molecular weight is 249 g/mol. The Labute approximate surface area is 100 Å². The van der Waals surface area contributed by atoms with Crippen molar-refractivity contribution in [3.63, 3.8) is 0 Å². The van der Waals surface area contributed by atoms with E-state index >= 15 is 0 Å². The van der Waals surface area contributed by atoms with Crippen LogP contribution in [0.25, 0.3) is 0 Å². The SMILES string of the molecule is CC(C)C(Cl)CCc1ccc(Cl)cc1F. The Morgan fingerprint density at radius 1 is 1.33 bits per heavy atom. The zero-order valence-electron chi connectivity index (χ0n) is 8.93. The summed E-state index contributed by atoms with van der Waals surface area (Å²) < 4.78 is 13.4. The third-order valence-electron chi connectivity index (χ3n) is 2.43. The van der Waals surface area contributed by atoms with Crippen LogP contribution in [-0.4, -0.2) is 5.38 Å². The van der Waals surface area contributed by atoms with Gasteiger partial charge in [0, 0.05) is 10.4 Å². The lowest BCUT2D eigenvalue weighted by Gasteiger charge is -2.13. The molecule has 1 aromatic rings. The first kappa shape index (κ1) is 12.8. The van der Waals surface area contributed by atoms with Crippen LogP contribution in [0.1, 0.15) is 25.8 Å². The van der Waals surface area contributed by atoms with Crippen LogP contribution < -0.4 is 0 Å². The highest BCUT2D eigenvalue weighted by atomic mass is 35.5. The topological polar surface area (TPSA) is 0 Å². The molecule has 0 heterocycles. The number of aryl methyl sites for hydroxylation is 1. The van der Waals surface area contributed by atoms with Gasteiger partial charge in [0.05, 0.1) is 0 Å². The van der Waals surface area contributed by atoms with E-state index in [9.17, 15) is 4.39 Å². The van der Waals surface area contributed by atoms with Crippen molar-refractivity contribution in [1.29, 1.82) is 0 Å². The van der Waals surface area contributed by atoms with Crippen molar-refractivity contribution in [2.24, 2.45) is 5.92 Å². The summed E-state index contributed by atoms with van der Waals surface area (Å²) in [5.74, 6) is 0.178. The Kier molecular flexibility index (Phi) is 4.88. The van der Waals surface area contributed by atoms with Gasteiger partial charge in [0.2, 0.25) is 0 Å². The molecule has 0 bridgehead atoms. The quantitative estimate of drug-likeness (QED) is 0.680. The molecule has 0 saturated carbocycles. The van der Waals surface area contributed by atoms with Gasteiger partial charge < -0.3 is 0 Å². The van der Waals surface area contributed by atoms with Crippen LogP contribution in [0.3, 0.4) is 0 Å². The van der Waals surface area contributed by atoms with E-state index in [1.165, 1.54) is 6.07 Å². The number of hydrogen-bond donors (Lipinski definition) is 0. The largest absolute Gasteiger partial charge is 0.207 e. The van der Waals surface area contributed by atoms with Crippen LogP contribution in [0.5, 0.6) is 0 Å². The minimum Gasteiger partial charge on any atom is -0.207 e. The fraction of sp³-hybridized carbons (Fsp3) is 0.500. The molecular weight excluding hydrogens is 234 g/mol. The average Bonchev–Trinajstić information content (AvgIpc) is 2.15. The van der Waals surface area contributed by atoms with Crippen molar-refractivity contribution < 1.29 is 4.39 Å². The van der Waals surface area contributed by atoms with Crippen LogP contribution in [0.15, 0.2) is 18.2 Å². The Bertz CT molecular complexity index is 323. The van der Waals surface area contributed by atoms with Gasteiger partial charge in [0.15, 0.2) is 0 Å². The monoisotopic (exact) mass is 248 g/mol. The molecule has 0 saturated heterocycles. The molecule has 1 aromatic carbocycles. The van der Waals surface area contributed by atoms with Crippen LogP contribution in [-0.2, 0) is 6.42 Å². The smallest absolute Gasteiger partial charge is 0.127 e.